The number of oxazole rings is 1. The Balaban J connectivity index is 1.57. The van der Waals surface area contributed by atoms with E-state index in [0.29, 0.717) is 47.7 Å². The lowest BCUT2D eigenvalue weighted by Crippen LogP contribution is -2.39. The van der Waals surface area contributed by atoms with E-state index >= 15 is 0 Å². The zero-order valence-electron chi connectivity index (χ0n) is 13.1. The number of pyridine rings is 1. The minimum Gasteiger partial charge on any atom is -0.489 e. The first kappa shape index (κ1) is 14.5. The smallest absolute Gasteiger partial charge is 0.263 e. The minimum absolute atomic E-state index is 0.0741. The van der Waals surface area contributed by atoms with Crippen LogP contribution in [0.25, 0.3) is 11.7 Å². The van der Waals surface area contributed by atoms with Gasteiger partial charge >= 0.3 is 0 Å². The number of carbonyl (C=O) groups is 1. The molecule has 0 spiro atoms. The lowest BCUT2D eigenvalue weighted by molar-refractivity contribution is -0.118. The van der Waals surface area contributed by atoms with Gasteiger partial charge in [-0.25, -0.2) is 4.98 Å². The van der Waals surface area contributed by atoms with E-state index < -0.39 is 0 Å². The summed E-state index contributed by atoms with van der Waals surface area (Å²) >= 11 is 0. The van der Waals surface area contributed by atoms with Crippen LogP contribution in [-0.4, -0.2) is 29.0 Å². The fourth-order valence-electron chi connectivity index (χ4n) is 2.66. The van der Waals surface area contributed by atoms with Gasteiger partial charge < -0.3 is 18.5 Å². The summed E-state index contributed by atoms with van der Waals surface area (Å²) in [5, 5.41) is 0. The van der Waals surface area contributed by atoms with Gasteiger partial charge in [-0.3, -0.25) is 9.78 Å². The van der Waals surface area contributed by atoms with Gasteiger partial charge in [0.25, 0.3) is 5.89 Å². The number of hydrogen-bond donors (Lipinski definition) is 0. The van der Waals surface area contributed by atoms with Crippen molar-refractivity contribution >= 4 is 11.6 Å². The highest BCUT2D eigenvalue weighted by Gasteiger charge is 2.25. The second kappa shape index (κ2) is 5.84. The summed E-state index contributed by atoms with van der Waals surface area (Å²) in [7, 11) is 0. The molecule has 7 nitrogen and oxygen atoms in total. The molecule has 0 saturated heterocycles. The average molecular weight is 325 g/mol. The molecule has 0 bridgehead atoms. The van der Waals surface area contributed by atoms with Gasteiger partial charge in [0.1, 0.15) is 23.8 Å². The van der Waals surface area contributed by atoms with Gasteiger partial charge in [0.05, 0.1) is 31.1 Å². The molecule has 0 unspecified atom stereocenters. The molecule has 0 saturated carbocycles. The molecule has 24 heavy (non-hydrogen) atoms. The van der Waals surface area contributed by atoms with Crippen LogP contribution < -0.4 is 9.64 Å². The number of amides is 1. The van der Waals surface area contributed by atoms with E-state index in [9.17, 15) is 4.79 Å². The molecule has 1 aliphatic rings. The Morgan fingerprint density at radius 2 is 2.29 bits per heavy atom. The second-order valence-electron chi connectivity index (χ2n) is 5.41. The Hall–Kier alpha value is -3.09. The van der Waals surface area contributed by atoms with E-state index in [1.807, 2.05) is 0 Å². The summed E-state index contributed by atoms with van der Waals surface area (Å²) in [6, 6.07) is 5.28. The minimum atomic E-state index is -0.0741. The van der Waals surface area contributed by atoms with E-state index in [1.165, 1.54) is 0 Å². The van der Waals surface area contributed by atoms with Gasteiger partial charge in [-0.15, -0.1) is 0 Å². The molecular formula is C17H15N3O4. The first-order chi connectivity index (χ1) is 11.7. The fraction of sp³-hybridized carbons (Fsp3) is 0.235. The maximum atomic E-state index is 12.7. The van der Waals surface area contributed by atoms with E-state index in [-0.39, 0.29) is 12.3 Å². The van der Waals surface area contributed by atoms with Gasteiger partial charge in [0.15, 0.2) is 5.76 Å². The molecule has 122 valence electrons. The zero-order valence-corrected chi connectivity index (χ0v) is 13.1. The van der Waals surface area contributed by atoms with Crippen LogP contribution in [0.4, 0.5) is 5.69 Å². The first-order valence-corrected chi connectivity index (χ1v) is 7.60. The maximum Gasteiger partial charge on any atom is 0.263 e. The summed E-state index contributed by atoms with van der Waals surface area (Å²) in [5.74, 6) is 2.11. The van der Waals surface area contributed by atoms with E-state index in [0.717, 1.165) is 0 Å². The number of anilines is 1. The van der Waals surface area contributed by atoms with Crippen LogP contribution in [0.3, 0.4) is 0 Å². The zero-order chi connectivity index (χ0) is 16.5. The Morgan fingerprint density at radius 3 is 3.12 bits per heavy atom. The van der Waals surface area contributed by atoms with Gasteiger partial charge in [0.2, 0.25) is 5.91 Å². The topological polar surface area (TPSA) is 81.6 Å². The van der Waals surface area contributed by atoms with E-state index in [4.69, 9.17) is 13.6 Å². The van der Waals surface area contributed by atoms with Gasteiger partial charge in [-0.1, -0.05) is 0 Å². The summed E-state index contributed by atoms with van der Waals surface area (Å²) in [5.41, 5.74) is 1.28. The number of aromatic nitrogens is 2. The first-order valence-electron chi connectivity index (χ1n) is 7.60. The summed E-state index contributed by atoms with van der Waals surface area (Å²) < 4.78 is 16.4. The predicted octanol–water partition coefficient (Wildman–Crippen LogP) is 2.61. The van der Waals surface area contributed by atoms with Crippen molar-refractivity contribution < 1.29 is 18.4 Å². The number of ether oxygens (including phenoxy) is 1. The van der Waals surface area contributed by atoms with Crippen molar-refractivity contribution in [3.63, 3.8) is 0 Å². The highest BCUT2D eigenvalue weighted by molar-refractivity contribution is 5.96. The number of fused-ring (bicyclic) bond motifs is 1. The summed E-state index contributed by atoms with van der Waals surface area (Å²) in [6.45, 7) is 2.73. The molecule has 0 atom stereocenters. The monoisotopic (exact) mass is 325 g/mol. The number of hydrogen-bond acceptors (Lipinski definition) is 6. The van der Waals surface area contributed by atoms with Crippen LogP contribution >= 0.6 is 0 Å². The average Bonchev–Trinajstić information content (AvgIpc) is 3.25. The maximum absolute atomic E-state index is 12.7. The van der Waals surface area contributed by atoms with Crippen molar-refractivity contribution in [2.45, 2.75) is 13.3 Å². The molecule has 1 aliphatic heterocycles. The molecule has 0 radical (unpaired) electrons. The second-order valence-corrected chi connectivity index (χ2v) is 5.41. The van der Waals surface area contributed by atoms with E-state index in [1.54, 1.807) is 48.7 Å². The van der Waals surface area contributed by atoms with Crippen LogP contribution in [-0.2, 0) is 11.2 Å². The van der Waals surface area contributed by atoms with Crippen molar-refractivity contribution in [1.29, 1.82) is 0 Å². The molecule has 0 aromatic carbocycles. The van der Waals surface area contributed by atoms with Crippen LogP contribution in [0.15, 0.2) is 45.7 Å². The van der Waals surface area contributed by atoms with E-state index in [2.05, 4.69) is 9.97 Å². The van der Waals surface area contributed by atoms with Crippen LogP contribution in [0.1, 0.15) is 11.5 Å². The van der Waals surface area contributed by atoms with Crippen LogP contribution in [0, 0.1) is 6.92 Å². The lowest BCUT2D eigenvalue weighted by Gasteiger charge is -2.28. The standard InChI is InChI=1S/C17H15N3O4/c1-11-12(19-17(24-11)15-3-2-7-22-15)9-16(21)20-6-8-23-14-4-5-18-10-13(14)20/h2-5,7,10H,6,8-9H2,1H3. The van der Waals surface area contributed by atoms with Gasteiger partial charge in [-0.05, 0) is 19.1 Å². The van der Waals surface area contributed by atoms with Crippen molar-refractivity contribution in [2.24, 2.45) is 0 Å². The Bertz CT molecular complexity index is 870. The van der Waals surface area contributed by atoms with Gasteiger partial charge in [0, 0.05) is 12.3 Å². The lowest BCUT2D eigenvalue weighted by atomic mass is 10.2. The molecule has 0 N–H and O–H groups in total. The highest BCUT2D eigenvalue weighted by atomic mass is 16.5. The fourth-order valence-corrected chi connectivity index (χ4v) is 2.66. The highest BCUT2D eigenvalue weighted by Crippen LogP contribution is 2.31. The van der Waals surface area contributed by atoms with Crippen molar-refractivity contribution in [2.75, 3.05) is 18.1 Å². The molecule has 4 rings (SSSR count). The molecule has 0 fully saturated rings. The third kappa shape index (κ3) is 2.54. The third-order valence-corrected chi connectivity index (χ3v) is 3.87. The molecule has 3 aromatic rings. The number of rotatable bonds is 3. The number of aryl methyl sites for hydroxylation is 1. The quantitative estimate of drug-likeness (QED) is 0.736. The molecule has 4 heterocycles. The summed E-state index contributed by atoms with van der Waals surface area (Å²) in [4.78, 5) is 22.8. The molecule has 3 aromatic heterocycles. The number of nitrogens with zero attached hydrogens (tertiary/aromatic N) is 3. The normalized spacial score (nSPS) is 13.5. The Labute approximate surface area is 137 Å². The largest absolute Gasteiger partial charge is 0.489 e. The Kier molecular flexibility index (Phi) is 3.53. The third-order valence-electron chi connectivity index (χ3n) is 3.87. The molecule has 7 heteroatoms. The molecular weight excluding hydrogens is 310 g/mol. The molecule has 0 aliphatic carbocycles. The van der Waals surface area contributed by atoms with Crippen molar-refractivity contribution in [3.05, 3.63) is 48.3 Å². The van der Waals surface area contributed by atoms with Crippen molar-refractivity contribution in [1.82, 2.24) is 9.97 Å². The number of furan rings is 1. The van der Waals surface area contributed by atoms with Crippen molar-refractivity contribution in [3.8, 4) is 17.4 Å². The SMILES string of the molecule is Cc1oc(-c2ccco2)nc1CC(=O)N1CCOc2ccncc21. The molecule has 1 amide bonds. The Morgan fingerprint density at radius 1 is 1.38 bits per heavy atom. The number of carbonyl (C=O) groups excluding carboxylic acids is 1. The van der Waals surface area contributed by atoms with Crippen LogP contribution in [0.5, 0.6) is 5.75 Å². The predicted molar refractivity (Wildman–Crippen MR) is 84.7 cm³/mol. The van der Waals surface area contributed by atoms with Gasteiger partial charge in [-0.2, -0.15) is 0 Å². The summed E-state index contributed by atoms with van der Waals surface area (Å²) in [6.07, 6.45) is 4.97. The van der Waals surface area contributed by atoms with Crippen LogP contribution in [0.2, 0.25) is 0 Å².